The molecule has 2 amide bonds. The molecule has 2 N–H and O–H groups in total. The second-order valence-electron chi connectivity index (χ2n) is 7.53. The van der Waals surface area contributed by atoms with E-state index in [9.17, 15) is 14.4 Å². The standard InChI is InChI=1S/C22H28N4O3/c1-17-10-13-26(22(29)14-17)16-21(28)24-19-8-6-18(7-9-19)23-20(27)15-25-11-4-2-3-5-12-25/h6-10,13-14H,2-5,11-12,15-16H2,1H3,(H,23,27)(H,24,28). The van der Waals surface area contributed by atoms with Gasteiger partial charge in [-0.2, -0.15) is 0 Å². The van der Waals surface area contributed by atoms with Crippen LogP contribution >= 0.6 is 0 Å². The summed E-state index contributed by atoms with van der Waals surface area (Å²) >= 11 is 0. The van der Waals surface area contributed by atoms with Gasteiger partial charge in [-0.15, -0.1) is 0 Å². The van der Waals surface area contributed by atoms with Crippen LogP contribution in [0.1, 0.15) is 31.2 Å². The molecule has 0 spiro atoms. The molecule has 1 aliphatic rings. The molecular formula is C22H28N4O3. The number of pyridine rings is 1. The largest absolute Gasteiger partial charge is 0.325 e. The van der Waals surface area contributed by atoms with Crippen LogP contribution in [0.15, 0.2) is 47.4 Å². The average Bonchev–Trinajstić information content (AvgIpc) is 2.94. The van der Waals surface area contributed by atoms with Gasteiger partial charge in [0, 0.05) is 23.6 Å². The Labute approximate surface area is 170 Å². The molecule has 0 aliphatic carbocycles. The summed E-state index contributed by atoms with van der Waals surface area (Å²) in [4.78, 5) is 38.5. The molecule has 1 fully saturated rings. The van der Waals surface area contributed by atoms with Gasteiger partial charge in [0.2, 0.25) is 11.8 Å². The Balaban J connectivity index is 1.49. The summed E-state index contributed by atoms with van der Waals surface area (Å²) in [5.41, 5.74) is 1.96. The van der Waals surface area contributed by atoms with Crippen LogP contribution in [-0.4, -0.2) is 40.9 Å². The first-order valence-corrected chi connectivity index (χ1v) is 10.1. The molecule has 0 saturated carbocycles. The zero-order valence-corrected chi connectivity index (χ0v) is 16.8. The van der Waals surface area contributed by atoms with Gasteiger partial charge in [-0.3, -0.25) is 19.3 Å². The number of likely N-dealkylation sites (tertiary alicyclic amines) is 1. The van der Waals surface area contributed by atoms with Gasteiger partial charge in [0.25, 0.3) is 5.56 Å². The van der Waals surface area contributed by atoms with Crippen molar-refractivity contribution < 1.29 is 9.59 Å². The van der Waals surface area contributed by atoms with Gasteiger partial charge in [-0.05, 0) is 68.8 Å². The molecule has 0 unspecified atom stereocenters. The highest BCUT2D eigenvalue weighted by atomic mass is 16.2. The number of anilines is 2. The van der Waals surface area contributed by atoms with E-state index in [0.29, 0.717) is 17.9 Å². The molecule has 154 valence electrons. The molecule has 0 radical (unpaired) electrons. The Hall–Kier alpha value is -2.93. The van der Waals surface area contributed by atoms with Gasteiger partial charge in [0.05, 0.1) is 6.54 Å². The number of hydrogen-bond donors (Lipinski definition) is 2. The molecule has 2 aromatic rings. The molecule has 1 aliphatic heterocycles. The number of nitrogens with zero attached hydrogens (tertiary/aromatic N) is 2. The maximum atomic E-state index is 12.3. The number of amides is 2. The minimum absolute atomic E-state index is 0.0255. The summed E-state index contributed by atoms with van der Waals surface area (Å²) in [5, 5.41) is 5.67. The molecule has 1 saturated heterocycles. The van der Waals surface area contributed by atoms with Crippen molar-refractivity contribution in [2.45, 2.75) is 39.2 Å². The molecule has 0 bridgehead atoms. The van der Waals surface area contributed by atoms with Crippen molar-refractivity contribution in [2.75, 3.05) is 30.3 Å². The smallest absolute Gasteiger partial charge is 0.251 e. The topological polar surface area (TPSA) is 83.4 Å². The molecule has 3 rings (SSSR count). The van der Waals surface area contributed by atoms with E-state index in [4.69, 9.17) is 0 Å². The number of carbonyl (C=O) groups is 2. The number of aryl methyl sites for hydroxylation is 1. The second kappa shape index (κ2) is 10.0. The fraction of sp³-hybridized carbons (Fsp3) is 0.409. The van der Waals surface area contributed by atoms with Crippen LogP contribution in [-0.2, 0) is 16.1 Å². The van der Waals surface area contributed by atoms with Crippen LogP contribution in [0.5, 0.6) is 0 Å². The third kappa shape index (κ3) is 6.57. The van der Waals surface area contributed by atoms with Gasteiger partial charge in [-0.1, -0.05) is 12.8 Å². The van der Waals surface area contributed by atoms with Crippen molar-refractivity contribution in [1.82, 2.24) is 9.47 Å². The van der Waals surface area contributed by atoms with E-state index in [1.807, 2.05) is 6.92 Å². The Bertz CT molecular complexity index is 897. The van der Waals surface area contributed by atoms with Crippen LogP contribution in [0.25, 0.3) is 0 Å². The number of rotatable bonds is 6. The van der Waals surface area contributed by atoms with Crippen LogP contribution in [0.2, 0.25) is 0 Å². The molecule has 1 aromatic heterocycles. The molecule has 7 nitrogen and oxygen atoms in total. The summed E-state index contributed by atoms with van der Waals surface area (Å²) in [5.74, 6) is -0.309. The van der Waals surface area contributed by atoms with E-state index in [-0.39, 0.29) is 23.9 Å². The Morgan fingerprint density at radius 3 is 1.97 bits per heavy atom. The van der Waals surface area contributed by atoms with Crippen molar-refractivity contribution in [3.8, 4) is 0 Å². The summed E-state index contributed by atoms with van der Waals surface area (Å²) in [6.07, 6.45) is 6.39. The maximum Gasteiger partial charge on any atom is 0.251 e. The lowest BCUT2D eigenvalue weighted by atomic mass is 10.2. The molecule has 29 heavy (non-hydrogen) atoms. The number of aromatic nitrogens is 1. The zero-order chi connectivity index (χ0) is 20.6. The van der Waals surface area contributed by atoms with Crippen LogP contribution in [0, 0.1) is 6.92 Å². The minimum atomic E-state index is -0.283. The van der Waals surface area contributed by atoms with Crippen LogP contribution in [0.4, 0.5) is 11.4 Å². The minimum Gasteiger partial charge on any atom is -0.325 e. The van der Waals surface area contributed by atoms with E-state index < -0.39 is 0 Å². The molecule has 1 aromatic carbocycles. The molecule has 7 heteroatoms. The van der Waals surface area contributed by atoms with Gasteiger partial charge in [-0.25, -0.2) is 0 Å². The summed E-state index contributed by atoms with van der Waals surface area (Å²) in [7, 11) is 0. The maximum absolute atomic E-state index is 12.3. The van der Waals surface area contributed by atoms with E-state index in [1.54, 1.807) is 36.5 Å². The summed E-state index contributed by atoms with van der Waals surface area (Å²) in [6, 6.07) is 10.3. The lowest BCUT2D eigenvalue weighted by Crippen LogP contribution is -2.33. The number of carbonyl (C=O) groups excluding carboxylic acids is 2. The Kier molecular flexibility index (Phi) is 7.19. The zero-order valence-electron chi connectivity index (χ0n) is 16.8. The van der Waals surface area contributed by atoms with Gasteiger partial charge in [0.1, 0.15) is 6.54 Å². The van der Waals surface area contributed by atoms with E-state index in [2.05, 4.69) is 15.5 Å². The van der Waals surface area contributed by atoms with Crippen molar-refractivity contribution in [2.24, 2.45) is 0 Å². The van der Waals surface area contributed by atoms with E-state index in [1.165, 1.54) is 23.5 Å². The Morgan fingerprint density at radius 2 is 1.41 bits per heavy atom. The first-order valence-electron chi connectivity index (χ1n) is 10.1. The number of hydrogen-bond acceptors (Lipinski definition) is 4. The van der Waals surface area contributed by atoms with Crippen LogP contribution < -0.4 is 16.2 Å². The highest BCUT2D eigenvalue weighted by Gasteiger charge is 2.13. The van der Waals surface area contributed by atoms with E-state index >= 15 is 0 Å². The first kappa shape index (κ1) is 20.8. The van der Waals surface area contributed by atoms with Gasteiger partial charge in [0.15, 0.2) is 0 Å². The number of benzene rings is 1. The van der Waals surface area contributed by atoms with Crippen molar-refractivity contribution in [1.29, 1.82) is 0 Å². The fourth-order valence-corrected chi connectivity index (χ4v) is 3.43. The average molecular weight is 396 g/mol. The van der Waals surface area contributed by atoms with Crippen LogP contribution in [0.3, 0.4) is 0 Å². The van der Waals surface area contributed by atoms with Gasteiger partial charge < -0.3 is 15.2 Å². The summed E-state index contributed by atoms with van der Waals surface area (Å²) in [6.45, 7) is 4.14. The molecule has 2 heterocycles. The predicted octanol–water partition coefficient (Wildman–Crippen LogP) is 2.61. The third-order valence-electron chi connectivity index (χ3n) is 4.98. The lowest BCUT2D eigenvalue weighted by molar-refractivity contribution is -0.117. The summed E-state index contributed by atoms with van der Waals surface area (Å²) < 4.78 is 1.36. The second-order valence-corrected chi connectivity index (χ2v) is 7.53. The predicted molar refractivity (Wildman–Crippen MR) is 114 cm³/mol. The normalized spacial score (nSPS) is 14.8. The third-order valence-corrected chi connectivity index (χ3v) is 4.98. The van der Waals surface area contributed by atoms with E-state index in [0.717, 1.165) is 31.5 Å². The van der Waals surface area contributed by atoms with Crippen molar-refractivity contribution >= 4 is 23.2 Å². The fourth-order valence-electron chi connectivity index (χ4n) is 3.43. The monoisotopic (exact) mass is 396 g/mol. The van der Waals surface area contributed by atoms with Gasteiger partial charge >= 0.3 is 0 Å². The van der Waals surface area contributed by atoms with Crippen molar-refractivity contribution in [3.05, 3.63) is 58.5 Å². The quantitative estimate of drug-likeness (QED) is 0.786. The lowest BCUT2D eigenvalue weighted by Gasteiger charge is -2.19. The number of nitrogens with one attached hydrogen (secondary N) is 2. The molecular weight excluding hydrogens is 368 g/mol. The first-order chi connectivity index (χ1) is 14.0. The SMILES string of the molecule is Cc1ccn(CC(=O)Nc2ccc(NC(=O)CN3CCCCCC3)cc2)c(=O)c1. The van der Waals surface area contributed by atoms with Crippen molar-refractivity contribution in [3.63, 3.8) is 0 Å². The highest BCUT2D eigenvalue weighted by molar-refractivity contribution is 5.93. The Morgan fingerprint density at radius 1 is 0.862 bits per heavy atom. The molecule has 0 atom stereocenters. The highest BCUT2D eigenvalue weighted by Crippen LogP contribution is 2.14.